The van der Waals surface area contributed by atoms with Crippen molar-refractivity contribution in [2.45, 2.75) is 70.3 Å². The molecule has 3 rings (SSSR count). The van der Waals surface area contributed by atoms with Crippen molar-refractivity contribution in [1.82, 2.24) is 4.90 Å². The highest BCUT2D eigenvalue weighted by molar-refractivity contribution is 5.01. The molecule has 3 aliphatic rings. The van der Waals surface area contributed by atoms with Crippen LogP contribution < -0.4 is 5.73 Å². The molecule has 0 radical (unpaired) electrons. The Morgan fingerprint density at radius 3 is 2.21 bits per heavy atom. The van der Waals surface area contributed by atoms with E-state index in [4.69, 9.17) is 5.73 Å². The van der Waals surface area contributed by atoms with Gasteiger partial charge in [0.15, 0.2) is 0 Å². The van der Waals surface area contributed by atoms with Gasteiger partial charge in [-0.25, -0.2) is 0 Å². The minimum atomic E-state index is 0.384. The third-order valence-corrected chi connectivity index (χ3v) is 6.51. The quantitative estimate of drug-likeness (QED) is 0.843. The van der Waals surface area contributed by atoms with E-state index in [1.54, 1.807) is 0 Å². The Kier molecular flexibility index (Phi) is 4.19. The molecule has 2 unspecified atom stereocenters. The van der Waals surface area contributed by atoms with E-state index >= 15 is 0 Å². The van der Waals surface area contributed by atoms with Crippen LogP contribution in [0.2, 0.25) is 0 Å². The molecule has 1 heterocycles. The van der Waals surface area contributed by atoms with E-state index in [1.165, 1.54) is 70.9 Å². The molecule has 2 atom stereocenters. The zero-order valence-electron chi connectivity index (χ0n) is 12.7. The van der Waals surface area contributed by atoms with Gasteiger partial charge in [0, 0.05) is 25.2 Å². The molecule has 0 bridgehead atoms. The summed E-state index contributed by atoms with van der Waals surface area (Å²) in [6.07, 6.45) is 12.8. The van der Waals surface area contributed by atoms with Crippen LogP contribution in [-0.2, 0) is 0 Å². The normalized spacial score (nSPS) is 43.6. The van der Waals surface area contributed by atoms with Crippen LogP contribution in [0.25, 0.3) is 0 Å². The van der Waals surface area contributed by atoms with Crippen molar-refractivity contribution < 1.29 is 0 Å². The molecule has 2 heteroatoms. The van der Waals surface area contributed by atoms with E-state index in [-0.39, 0.29) is 0 Å². The maximum Gasteiger partial charge on any atom is 0.0332 e. The lowest BCUT2D eigenvalue weighted by atomic mass is 9.74. The zero-order chi connectivity index (χ0) is 13.3. The second-order valence-corrected chi connectivity index (χ2v) is 7.52. The van der Waals surface area contributed by atoms with Crippen LogP contribution in [0, 0.1) is 17.8 Å². The van der Waals surface area contributed by atoms with Crippen molar-refractivity contribution >= 4 is 0 Å². The molecule has 2 N–H and O–H groups in total. The summed E-state index contributed by atoms with van der Waals surface area (Å²) in [4.78, 5) is 2.82. The minimum absolute atomic E-state index is 0.384. The topological polar surface area (TPSA) is 29.3 Å². The molecular weight excluding hydrogens is 232 g/mol. The maximum atomic E-state index is 6.25. The molecule has 0 aromatic heterocycles. The number of rotatable bonds is 4. The maximum absolute atomic E-state index is 6.25. The number of nitrogens with two attached hydrogens (primary N) is 1. The van der Waals surface area contributed by atoms with Crippen LogP contribution in [0.4, 0.5) is 0 Å². The van der Waals surface area contributed by atoms with Gasteiger partial charge in [-0.15, -0.1) is 0 Å². The van der Waals surface area contributed by atoms with Gasteiger partial charge < -0.3 is 5.73 Å². The van der Waals surface area contributed by atoms with Gasteiger partial charge in [0.1, 0.15) is 0 Å². The van der Waals surface area contributed by atoms with Gasteiger partial charge in [-0.05, 0) is 56.3 Å². The summed E-state index contributed by atoms with van der Waals surface area (Å²) in [5.74, 6) is 3.01. The van der Waals surface area contributed by atoms with Crippen LogP contribution in [-0.4, -0.2) is 30.1 Å². The van der Waals surface area contributed by atoms with Crippen molar-refractivity contribution in [3.8, 4) is 0 Å². The van der Waals surface area contributed by atoms with E-state index in [0.29, 0.717) is 5.54 Å². The smallest absolute Gasteiger partial charge is 0.0332 e. The largest absolute Gasteiger partial charge is 0.329 e. The number of hydrogen-bond donors (Lipinski definition) is 1. The summed E-state index contributed by atoms with van der Waals surface area (Å²) in [5, 5.41) is 0. The summed E-state index contributed by atoms with van der Waals surface area (Å²) >= 11 is 0. The predicted octanol–water partition coefficient (Wildman–Crippen LogP) is 3.41. The molecule has 3 fully saturated rings. The van der Waals surface area contributed by atoms with Gasteiger partial charge in [-0.3, -0.25) is 4.90 Å². The second-order valence-electron chi connectivity index (χ2n) is 7.52. The zero-order valence-corrected chi connectivity index (χ0v) is 12.7. The third-order valence-electron chi connectivity index (χ3n) is 6.51. The molecule has 0 aromatic carbocycles. The molecular formula is C17H32N2. The number of hydrogen-bond acceptors (Lipinski definition) is 2. The molecule has 19 heavy (non-hydrogen) atoms. The van der Waals surface area contributed by atoms with Crippen molar-refractivity contribution in [2.24, 2.45) is 23.5 Å². The van der Waals surface area contributed by atoms with E-state index in [2.05, 4.69) is 11.8 Å². The van der Waals surface area contributed by atoms with Gasteiger partial charge in [0.2, 0.25) is 0 Å². The summed E-state index contributed by atoms with van der Waals surface area (Å²) in [7, 11) is 0. The lowest BCUT2D eigenvalue weighted by Gasteiger charge is -2.46. The van der Waals surface area contributed by atoms with Crippen molar-refractivity contribution in [2.75, 3.05) is 19.6 Å². The Morgan fingerprint density at radius 2 is 1.68 bits per heavy atom. The van der Waals surface area contributed by atoms with E-state index in [9.17, 15) is 0 Å². The molecule has 0 spiro atoms. The fraction of sp³-hybridized carbons (Fsp3) is 1.00. The Morgan fingerprint density at radius 1 is 1.05 bits per heavy atom. The first-order valence-electron chi connectivity index (χ1n) is 8.72. The Hall–Kier alpha value is -0.0800. The third kappa shape index (κ3) is 2.58. The molecule has 0 aromatic rings. The average molecular weight is 264 g/mol. The van der Waals surface area contributed by atoms with Gasteiger partial charge in [0.25, 0.3) is 0 Å². The van der Waals surface area contributed by atoms with Crippen LogP contribution in [0.15, 0.2) is 0 Å². The van der Waals surface area contributed by atoms with Gasteiger partial charge in [-0.1, -0.05) is 26.2 Å². The van der Waals surface area contributed by atoms with Crippen molar-refractivity contribution in [1.29, 1.82) is 0 Å². The Labute approximate surface area is 119 Å². The van der Waals surface area contributed by atoms with Gasteiger partial charge in [-0.2, -0.15) is 0 Å². The molecule has 2 saturated carbocycles. The molecule has 1 saturated heterocycles. The fourth-order valence-electron chi connectivity index (χ4n) is 5.18. The first-order valence-corrected chi connectivity index (χ1v) is 8.72. The minimum Gasteiger partial charge on any atom is -0.329 e. The molecule has 2 aliphatic carbocycles. The second kappa shape index (κ2) is 5.73. The van der Waals surface area contributed by atoms with Crippen molar-refractivity contribution in [3.05, 3.63) is 0 Å². The highest BCUT2D eigenvalue weighted by Crippen LogP contribution is 2.45. The number of likely N-dealkylation sites (tertiary alicyclic amines) is 1. The molecule has 2 nitrogen and oxygen atoms in total. The number of fused-ring (bicyclic) bond motifs is 1. The Balaban J connectivity index is 1.61. The summed E-state index contributed by atoms with van der Waals surface area (Å²) in [5.41, 5.74) is 6.63. The van der Waals surface area contributed by atoms with Gasteiger partial charge in [0.05, 0.1) is 0 Å². The summed E-state index contributed by atoms with van der Waals surface area (Å²) < 4.78 is 0. The van der Waals surface area contributed by atoms with E-state index in [1.807, 2.05) is 0 Å². The molecule has 110 valence electrons. The predicted molar refractivity (Wildman–Crippen MR) is 81.1 cm³/mol. The fourth-order valence-corrected chi connectivity index (χ4v) is 5.18. The Bertz CT molecular complexity index is 282. The van der Waals surface area contributed by atoms with E-state index < -0.39 is 0 Å². The van der Waals surface area contributed by atoms with Crippen LogP contribution in [0.1, 0.15) is 64.7 Å². The standard InChI is InChI=1S/C17H32N2/c1-2-4-14-7-9-17(13-18,10-8-14)19-11-15-5-3-6-16(15)12-19/h14-16H,2-13,18H2,1H3. The number of nitrogens with zero attached hydrogens (tertiary/aromatic N) is 1. The average Bonchev–Trinajstić information content (AvgIpc) is 3.01. The van der Waals surface area contributed by atoms with Crippen LogP contribution >= 0.6 is 0 Å². The summed E-state index contributed by atoms with van der Waals surface area (Å²) in [6.45, 7) is 5.94. The van der Waals surface area contributed by atoms with E-state index in [0.717, 1.165) is 24.3 Å². The lowest BCUT2D eigenvalue weighted by Crippen LogP contribution is -2.55. The monoisotopic (exact) mass is 264 g/mol. The first-order chi connectivity index (χ1) is 9.27. The van der Waals surface area contributed by atoms with Crippen molar-refractivity contribution in [3.63, 3.8) is 0 Å². The summed E-state index contributed by atoms with van der Waals surface area (Å²) in [6, 6.07) is 0. The molecule has 0 amide bonds. The van der Waals surface area contributed by atoms with Crippen LogP contribution in [0.3, 0.4) is 0 Å². The van der Waals surface area contributed by atoms with Crippen LogP contribution in [0.5, 0.6) is 0 Å². The highest BCUT2D eigenvalue weighted by Gasteiger charge is 2.46. The lowest BCUT2D eigenvalue weighted by molar-refractivity contribution is 0.0543. The molecule has 1 aliphatic heterocycles. The highest BCUT2D eigenvalue weighted by atomic mass is 15.2. The van der Waals surface area contributed by atoms with Gasteiger partial charge >= 0.3 is 0 Å². The first kappa shape index (κ1) is 13.9. The SMILES string of the molecule is CCCC1CCC(CN)(N2CC3CCCC3C2)CC1.